The monoisotopic (exact) mass is 213 g/mol. The summed E-state index contributed by atoms with van der Waals surface area (Å²) in [5, 5.41) is 0. The second-order valence-electron chi connectivity index (χ2n) is 1.94. The molecular weight excluding hydrogens is 206 g/mol. The number of ether oxygens (including phenoxy) is 1. The van der Waals surface area contributed by atoms with E-state index in [-0.39, 0.29) is 0 Å². The van der Waals surface area contributed by atoms with E-state index in [1.54, 1.807) is 25.8 Å². The average Bonchev–Trinajstić information content (AvgIpc) is 2.03. The van der Waals surface area contributed by atoms with E-state index < -0.39 is 0 Å². The molecule has 3 heteroatoms. The first kappa shape index (κ1) is 8.27. The Hall–Kier alpha value is -0.830. The topological polar surface area (TPSA) is 22.1 Å². The Kier molecular flexibility index (Phi) is 3.11. The van der Waals surface area contributed by atoms with Crippen molar-refractivity contribution in [3.63, 3.8) is 0 Å². The van der Waals surface area contributed by atoms with Crippen LogP contribution in [0.2, 0.25) is 0 Å². The third-order valence-electron chi connectivity index (χ3n) is 1.19. The number of aromatic nitrogens is 1. The maximum Gasteiger partial charge on any atom is 0.0831 e. The van der Waals surface area contributed by atoms with Gasteiger partial charge in [-0.15, -0.1) is 0 Å². The first-order valence-electron chi connectivity index (χ1n) is 3.13. The van der Waals surface area contributed by atoms with Gasteiger partial charge < -0.3 is 4.74 Å². The number of hydrogen-bond donors (Lipinski definition) is 0. The highest BCUT2D eigenvalue weighted by molar-refractivity contribution is 9.10. The Balaban J connectivity index is 2.86. The highest BCUT2D eigenvalue weighted by Crippen LogP contribution is 2.15. The van der Waals surface area contributed by atoms with Crippen LogP contribution in [0.1, 0.15) is 5.56 Å². The molecule has 1 rings (SSSR count). The van der Waals surface area contributed by atoms with Gasteiger partial charge in [-0.05, 0) is 33.6 Å². The molecule has 1 aromatic heterocycles. The van der Waals surface area contributed by atoms with Crippen LogP contribution in [0.25, 0.3) is 6.08 Å². The van der Waals surface area contributed by atoms with E-state index in [4.69, 9.17) is 4.74 Å². The molecule has 0 aliphatic rings. The minimum Gasteiger partial charge on any atom is -0.504 e. The van der Waals surface area contributed by atoms with E-state index in [9.17, 15) is 0 Å². The lowest BCUT2D eigenvalue weighted by Crippen LogP contribution is -1.77. The summed E-state index contributed by atoms with van der Waals surface area (Å²) in [5.74, 6) is 0. The third-order valence-corrected chi connectivity index (χ3v) is 1.85. The van der Waals surface area contributed by atoms with Gasteiger partial charge in [0.15, 0.2) is 0 Å². The summed E-state index contributed by atoms with van der Waals surface area (Å²) in [5.41, 5.74) is 1.06. The van der Waals surface area contributed by atoms with Crippen molar-refractivity contribution in [1.29, 1.82) is 0 Å². The first-order chi connectivity index (χ1) is 5.34. The Morgan fingerprint density at radius 1 is 1.64 bits per heavy atom. The molecule has 0 fully saturated rings. The number of halogens is 1. The second-order valence-corrected chi connectivity index (χ2v) is 2.79. The van der Waals surface area contributed by atoms with Gasteiger partial charge in [0.25, 0.3) is 0 Å². The summed E-state index contributed by atoms with van der Waals surface area (Å²) in [4.78, 5) is 3.93. The Morgan fingerprint density at radius 3 is 3.09 bits per heavy atom. The molecule has 0 bridgehead atoms. The molecule has 0 unspecified atom stereocenters. The third kappa shape index (κ3) is 2.35. The molecule has 2 nitrogen and oxygen atoms in total. The Bertz CT molecular complexity index is 260. The molecule has 0 aromatic carbocycles. The first-order valence-corrected chi connectivity index (χ1v) is 3.93. The smallest absolute Gasteiger partial charge is 0.0831 e. The summed E-state index contributed by atoms with van der Waals surface area (Å²) < 4.78 is 5.74. The van der Waals surface area contributed by atoms with E-state index >= 15 is 0 Å². The van der Waals surface area contributed by atoms with Crippen molar-refractivity contribution in [3.8, 4) is 0 Å². The van der Waals surface area contributed by atoms with Crippen LogP contribution in [-0.2, 0) is 4.74 Å². The summed E-state index contributed by atoms with van der Waals surface area (Å²) in [7, 11) is 1.62. The molecule has 0 atom stereocenters. The van der Waals surface area contributed by atoms with Crippen molar-refractivity contribution < 1.29 is 4.74 Å². The maximum absolute atomic E-state index is 4.78. The molecule has 0 N–H and O–H groups in total. The second kappa shape index (κ2) is 4.13. The number of hydrogen-bond acceptors (Lipinski definition) is 2. The lowest BCUT2D eigenvalue weighted by molar-refractivity contribution is 0.341. The predicted octanol–water partition coefficient (Wildman–Crippen LogP) is 2.46. The number of nitrogens with zero attached hydrogens (tertiary/aromatic N) is 1. The standard InChI is InChI=1S/C8H8BrNO/c1-11-5-3-7-2-4-10-6-8(7)9/h2-6H,1H3/b5-3+. The molecule has 58 valence electrons. The molecule has 0 radical (unpaired) electrons. The van der Waals surface area contributed by atoms with Gasteiger partial charge in [0.1, 0.15) is 0 Å². The van der Waals surface area contributed by atoms with E-state index in [1.807, 2.05) is 12.1 Å². The quantitative estimate of drug-likeness (QED) is 0.705. The fourth-order valence-corrected chi connectivity index (χ4v) is 1.05. The van der Waals surface area contributed by atoms with Crippen LogP contribution < -0.4 is 0 Å². The highest BCUT2D eigenvalue weighted by atomic mass is 79.9. The molecule has 0 spiro atoms. The largest absolute Gasteiger partial charge is 0.504 e. The van der Waals surface area contributed by atoms with Gasteiger partial charge in [-0.25, -0.2) is 0 Å². The van der Waals surface area contributed by atoms with Gasteiger partial charge in [0, 0.05) is 16.9 Å². The summed E-state index contributed by atoms with van der Waals surface area (Å²) >= 11 is 3.36. The van der Waals surface area contributed by atoms with Crippen molar-refractivity contribution in [2.45, 2.75) is 0 Å². The maximum atomic E-state index is 4.78. The van der Waals surface area contributed by atoms with Gasteiger partial charge in [-0.1, -0.05) is 0 Å². The predicted molar refractivity (Wildman–Crippen MR) is 48.0 cm³/mol. The van der Waals surface area contributed by atoms with Crippen molar-refractivity contribution >= 4 is 22.0 Å². The van der Waals surface area contributed by atoms with Gasteiger partial charge >= 0.3 is 0 Å². The van der Waals surface area contributed by atoms with Gasteiger partial charge in [0.05, 0.1) is 13.4 Å². The zero-order valence-electron chi connectivity index (χ0n) is 6.12. The van der Waals surface area contributed by atoms with Crippen molar-refractivity contribution in [3.05, 3.63) is 34.8 Å². The molecule has 0 saturated carbocycles. The summed E-state index contributed by atoms with van der Waals surface area (Å²) in [6, 6.07) is 1.90. The molecule has 11 heavy (non-hydrogen) atoms. The van der Waals surface area contributed by atoms with Crippen LogP contribution >= 0.6 is 15.9 Å². The molecule has 0 aliphatic heterocycles. The SMILES string of the molecule is CO/C=C/c1ccncc1Br. The van der Waals surface area contributed by atoms with Crippen molar-refractivity contribution in [1.82, 2.24) is 4.98 Å². The van der Waals surface area contributed by atoms with Crippen molar-refractivity contribution in [2.75, 3.05) is 7.11 Å². The minimum atomic E-state index is 0.966. The van der Waals surface area contributed by atoms with E-state index in [0.717, 1.165) is 10.0 Å². The molecule has 1 heterocycles. The van der Waals surface area contributed by atoms with Crippen LogP contribution in [0.15, 0.2) is 29.2 Å². The van der Waals surface area contributed by atoms with Gasteiger partial charge in [-0.2, -0.15) is 0 Å². The zero-order chi connectivity index (χ0) is 8.10. The summed E-state index contributed by atoms with van der Waals surface area (Å²) in [6.07, 6.45) is 6.97. The van der Waals surface area contributed by atoms with E-state index in [1.165, 1.54) is 0 Å². The van der Waals surface area contributed by atoms with Crippen molar-refractivity contribution in [2.24, 2.45) is 0 Å². The van der Waals surface area contributed by atoms with Gasteiger partial charge in [0.2, 0.25) is 0 Å². The molecule has 0 aliphatic carbocycles. The fraction of sp³-hybridized carbons (Fsp3) is 0.125. The Labute approximate surface area is 74.0 Å². The number of rotatable bonds is 2. The van der Waals surface area contributed by atoms with Crippen LogP contribution in [0, 0.1) is 0 Å². The van der Waals surface area contributed by atoms with Crippen LogP contribution in [0.4, 0.5) is 0 Å². The number of pyridine rings is 1. The normalized spacial score (nSPS) is 10.4. The minimum absolute atomic E-state index is 0.966. The Morgan fingerprint density at radius 2 is 2.45 bits per heavy atom. The van der Waals surface area contributed by atoms with Crippen LogP contribution in [-0.4, -0.2) is 12.1 Å². The van der Waals surface area contributed by atoms with E-state index in [2.05, 4.69) is 20.9 Å². The fourth-order valence-electron chi connectivity index (χ4n) is 0.662. The average molecular weight is 214 g/mol. The van der Waals surface area contributed by atoms with E-state index in [0.29, 0.717) is 0 Å². The summed E-state index contributed by atoms with van der Waals surface area (Å²) in [6.45, 7) is 0. The molecule has 1 aromatic rings. The lowest BCUT2D eigenvalue weighted by atomic mass is 10.3. The molecular formula is C8H8BrNO. The lowest BCUT2D eigenvalue weighted by Gasteiger charge is -1.94. The molecule has 0 saturated heterocycles. The van der Waals surface area contributed by atoms with Crippen LogP contribution in [0.5, 0.6) is 0 Å². The zero-order valence-corrected chi connectivity index (χ0v) is 7.71. The highest BCUT2D eigenvalue weighted by Gasteiger charge is 1.91. The van der Waals surface area contributed by atoms with Crippen LogP contribution in [0.3, 0.4) is 0 Å². The van der Waals surface area contributed by atoms with Gasteiger partial charge in [-0.3, -0.25) is 4.98 Å². The molecule has 0 amide bonds. The number of methoxy groups -OCH3 is 1.